The number of ether oxygens (including phenoxy) is 2. The average Bonchev–Trinajstić information content (AvgIpc) is 2.88. The van der Waals surface area contributed by atoms with Crippen LogP contribution in [0.15, 0.2) is 77.7 Å². The lowest BCUT2D eigenvalue weighted by atomic mass is 9.99. The van der Waals surface area contributed by atoms with E-state index in [2.05, 4.69) is 4.72 Å². The van der Waals surface area contributed by atoms with Gasteiger partial charge in [0.15, 0.2) is 0 Å². The number of benzene rings is 3. The number of rotatable bonds is 7. The number of nitrogens with zero attached hydrogens (tertiary/aromatic N) is 1. The topological polar surface area (TPSA) is 84.9 Å². The summed E-state index contributed by atoms with van der Waals surface area (Å²) >= 11 is 0. The molecule has 3 aromatic rings. The number of carbonyl (C=O) groups is 1. The number of hydrogen-bond donors (Lipinski definition) is 1. The summed E-state index contributed by atoms with van der Waals surface area (Å²) in [6, 6.07) is 20.9. The first-order chi connectivity index (χ1) is 16.4. The van der Waals surface area contributed by atoms with E-state index >= 15 is 0 Å². The third kappa shape index (κ3) is 5.30. The van der Waals surface area contributed by atoms with Gasteiger partial charge in [0.2, 0.25) is 10.0 Å². The van der Waals surface area contributed by atoms with Crippen molar-refractivity contribution in [2.45, 2.75) is 17.9 Å². The number of carbonyl (C=O) groups excluding carboxylic acids is 1. The van der Waals surface area contributed by atoms with E-state index in [4.69, 9.17) is 9.47 Å². The Kier molecular flexibility index (Phi) is 7.31. The molecule has 1 aliphatic heterocycles. The molecule has 1 saturated heterocycles. The number of methoxy groups -OCH3 is 1. The summed E-state index contributed by atoms with van der Waals surface area (Å²) in [4.78, 5) is 14.8. The lowest BCUT2D eigenvalue weighted by molar-refractivity contribution is 0.0300. The van der Waals surface area contributed by atoms with Gasteiger partial charge in [-0.2, -0.15) is 4.72 Å². The molecule has 0 bridgehead atoms. The summed E-state index contributed by atoms with van der Waals surface area (Å²) in [5, 5.41) is 0. The van der Waals surface area contributed by atoms with E-state index in [1.807, 2.05) is 61.5 Å². The van der Waals surface area contributed by atoms with Gasteiger partial charge >= 0.3 is 0 Å². The molecule has 0 saturated carbocycles. The van der Waals surface area contributed by atoms with Crippen LogP contribution in [0.5, 0.6) is 5.75 Å². The second-order valence-electron chi connectivity index (χ2n) is 8.14. The van der Waals surface area contributed by atoms with Gasteiger partial charge in [-0.3, -0.25) is 4.79 Å². The number of amides is 1. The normalized spacial score (nSPS) is 15.1. The third-order valence-corrected chi connectivity index (χ3v) is 7.25. The van der Waals surface area contributed by atoms with Crippen LogP contribution in [0.2, 0.25) is 0 Å². The summed E-state index contributed by atoms with van der Waals surface area (Å²) in [6.45, 7) is 3.77. The van der Waals surface area contributed by atoms with E-state index in [0.717, 1.165) is 16.7 Å². The first-order valence-electron chi connectivity index (χ1n) is 11.1. The van der Waals surface area contributed by atoms with Crippen molar-refractivity contribution < 1.29 is 22.7 Å². The predicted molar refractivity (Wildman–Crippen MR) is 130 cm³/mol. The lowest BCUT2D eigenvalue weighted by Crippen LogP contribution is -2.41. The van der Waals surface area contributed by atoms with E-state index in [1.165, 1.54) is 25.3 Å². The number of hydrogen-bond acceptors (Lipinski definition) is 5. The Hall–Kier alpha value is -3.20. The van der Waals surface area contributed by atoms with Crippen molar-refractivity contribution in [3.63, 3.8) is 0 Å². The van der Waals surface area contributed by atoms with Gasteiger partial charge in [0.05, 0.1) is 36.8 Å². The molecule has 1 N–H and O–H groups in total. The fraction of sp³-hybridized carbons (Fsp3) is 0.269. The van der Waals surface area contributed by atoms with Crippen molar-refractivity contribution in [3.05, 3.63) is 95.1 Å². The monoisotopic (exact) mass is 480 g/mol. The minimum absolute atomic E-state index is 0.00190. The van der Waals surface area contributed by atoms with Crippen molar-refractivity contribution in [1.82, 2.24) is 9.62 Å². The molecule has 7 nitrogen and oxygen atoms in total. The Morgan fingerprint density at radius 2 is 1.62 bits per heavy atom. The Bertz CT molecular complexity index is 1240. The van der Waals surface area contributed by atoms with Gasteiger partial charge in [-0.1, -0.05) is 60.2 Å². The third-order valence-electron chi connectivity index (χ3n) is 5.83. The van der Waals surface area contributed by atoms with Crippen LogP contribution < -0.4 is 9.46 Å². The van der Waals surface area contributed by atoms with Crippen LogP contribution >= 0.6 is 0 Å². The highest BCUT2D eigenvalue weighted by atomic mass is 32.2. The van der Waals surface area contributed by atoms with Gasteiger partial charge in [-0.15, -0.1) is 0 Å². The fourth-order valence-corrected chi connectivity index (χ4v) is 5.15. The van der Waals surface area contributed by atoms with Crippen molar-refractivity contribution in [2.75, 3.05) is 33.4 Å². The molecule has 0 aromatic heterocycles. The highest BCUT2D eigenvalue weighted by molar-refractivity contribution is 7.89. The van der Waals surface area contributed by atoms with Gasteiger partial charge in [0.1, 0.15) is 5.75 Å². The molecule has 1 heterocycles. The van der Waals surface area contributed by atoms with E-state index in [9.17, 15) is 13.2 Å². The van der Waals surface area contributed by atoms with Crippen LogP contribution in [0.3, 0.4) is 0 Å². The zero-order valence-electron chi connectivity index (χ0n) is 19.2. The van der Waals surface area contributed by atoms with E-state index in [0.29, 0.717) is 32.1 Å². The summed E-state index contributed by atoms with van der Waals surface area (Å²) in [5.41, 5.74) is 2.92. The van der Waals surface area contributed by atoms with Crippen molar-refractivity contribution in [1.29, 1.82) is 0 Å². The second kappa shape index (κ2) is 10.4. The van der Waals surface area contributed by atoms with Crippen molar-refractivity contribution in [2.24, 2.45) is 0 Å². The Balaban J connectivity index is 1.69. The smallest absolute Gasteiger partial charge is 0.257 e. The van der Waals surface area contributed by atoms with Crippen LogP contribution in [-0.2, 0) is 14.8 Å². The van der Waals surface area contributed by atoms with Crippen LogP contribution in [0.25, 0.3) is 0 Å². The number of morpholine rings is 1. The molecule has 1 amide bonds. The molecule has 0 radical (unpaired) electrons. The molecule has 0 spiro atoms. The molecule has 4 rings (SSSR count). The molecule has 1 atom stereocenters. The highest BCUT2D eigenvalue weighted by Gasteiger charge is 2.27. The van der Waals surface area contributed by atoms with Crippen LogP contribution in [-0.4, -0.2) is 52.6 Å². The van der Waals surface area contributed by atoms with E-state index < -0.39 is 16.1 Å². The van der Waals surface area contributed by atoms with Crippen LogP contribution in [0.4, 0.5) is 0 Å². The summed E-state index contributed by atoms with van der Waals surface area (Å²) < 4.78 is 40.5. The first-order valence-corrected chi connectivity index (χ1v) is 12.6. The SMILES string of the molecule is COc1ccc(S(=O)(=O)NC(c2ccccc2)c2ccc(C)cc2)cc1C(=O)N1CCOCC1. The molecule has 1 fully saturated rings. The second-order valence-corrected chi connectivity index (χ2v) is 9.86. The van der Waals surface area contributed by atoms with Gasteiger partial charge in [0.25, 0.3) is 5.91 Å². The van der Waals surface area contributed by atoms with Crippen molar-refractivity contribution in [3.8, 4) is 5.75 Å². The molecule has 1 unspecified atom stereocenters. The van der Waals surface area contributed by atoms with Gasteiger partial charge in [-0.05, 0) is 36.2 Å². The number of aryl methyl sites for hydroxylation is 1. The van der Waals surface area contributed by atoms with Crippen LogP contribution in [0.1, 0.15) is 33.1 Å². The summed E-state index contributed by atoms with van der Waals surface area (Å²) in [5.74, 6) is 0.0453. The molecular formula is C26H28N2O5S. The number of sulfonamides is 1. The average molecular weight is 481 g/mol. The van der Waals surface area contributed by atoms with Gasteiger partial charge in [-0.25, -0.2) is 8.42 Å². The Morgan fingerprint density at radius 3 is 2.26 bits per heavy atom. The van der Waals surface area contributed by atoms with E-state index in [-0.39, 0.29) is 16.4 Å². The molecule has 1 aliphatic rings. The van der Waals surface area contributed by atoms with Gasteiger partial charge < -0.3 is 14.4 Å². The summed E-state index contributed by atoms with van der Waals surface area (Å²) in [7, 11) is -2.52. The molecule has 8 heteroatoms. The number of nitrogens with one attached hydrogen (secondary N) is 1. The maximum absolute atomic E-state index is 13.5. The van der Waals surface area contributed by atoms with Gasteiger partial charge in [0, 0.05) is 13.1 Å². The zero-order chi connectivity index (χ0) is 24.1. The molecule has 3 aromatic carbocycles. The Morgan fingerprint density at radius 1 is 0.971 bits per heavy atom. The molecule has 0 aliphatic carbocycles. The summed E-state index contributed by atoms with van der Waals surface area (Å²) in [6.07, 6.45) is 0. The zero-order valence-corrected chi connectivity index (χ0v) is 20.0. The minimum Gasteiger partial charge on any atom is -0.496 e. The maximum atomic E-state index is 13.5. The lowest BCUT2D eigenvalue weighted by Gasteiger charge is -2.27. The Labute approximate surface area is 200 Å². The molecule has 34 heavy (non-hydrogen) atoms. The highest BCUT2D eigenvalue weighted by Crippen LogP contribution is 2.28. The first kappa shape index (κ1) is 23.9. The standard InChI is InChI=1S/C26H28N2O5S/c1-19-8-10-21(11-9-19)25(20-6-4-3-5-7-20)27-34(30,31)22-12-13-24(32-2)23(18-22)26(29)28-14-16-33-17-15-28/h3-13,18,25,27H,14-17H2,1-2H3. The largest absolute Gasteiger partial charge is 0.496 e. The van der Waals surface area contributed by atoms with Crippen LogP contribution in [0, 0.1) is 6.92 Å². The maximum Gasteiger partial charge on any atom is 0.257 e. The quantitative estimate of drug-likeness (QED) is 0.559. The van der Waals surface area contributed by atoms with E-state index in [1.54, 1.807) is 4.90 Å². The van der Waals surface area contributed by atoms with Crippen molar-refractivity contribution >= 4 is 15.9 Å². The minimum atomic E-state index is -3.98. The molecular weight excluding hydrogens is 452 g/mol. The predicted octanol–water partition coefficient (Wildman–Crippen LogP) is 3.54. The fourth-order valence-electron chi connectivity index (χ4n) is 3.91. The molecule has 178 valence electrons.